The fourth-order valence-corrected chi connectivity index (χ4v) is 2.51. The largest absolute Gasteiger partial charge is 0.508 e. The lowest BCUT2D eigenvalue weighted by molar-refractivity contribution is -0.135. The molecule has 0 amide bonds. The van der Waals surface area contributed by atoms with Crippen molar-refractivity contribution in [3.05, 3.63) is 65.5 Å². The zero-order valence-corrected chi connectivity index (χ0v) is 13.5. The monoisotopic (exact) mass is 327 g/mol. The Labute approximate surface area is 141 Å². The van der Waals surface area contributed by atoms with Gasteiger partial charge in [0.2, 0.25) is 0 Å². The molecule has 3 N–H and O–H groups in total. The third-order valence-corrected chi connectivity index (χ3v) is 3.89. The quantitative estimate of drug-likeness (QED) is 0.192. The maximum atomic E-state index is 12.0. The minimum Gasteiger partial charge on any atom is -0.508 e. The van der Waals surface area contributed by atoms with Crippen molar-refractivity contribution in [1.82, 2.24) is 0 Å². The predicted octanol–water partition coefficient (Wildman–Crippen LogP) is 3.66. The number of ether oxygens (including phenoxy) is 1. The lowest BCUT2D eigenvalue weighted by atomic mass is 9.93. The van der Waals surface area contributed by atoms with Crippen LogP contribution in [-0.4, -0.2) is 29.0 Å². The summed E-state index contributed by atoms with van der Waals surface area (Å²) in [6.07, 6.45) is 10.4. The van der Waals surface area contributed by atoms with E-state index in [4.69, 9.17) is 10.1 Å². The Kier molecular flexibility index (Phi) is 5.95. The van der Waals surface area contributed by atoms with Crippen LogP contribution < -0.4 is 0 Å². The first-order chi connectivity index (χ1) is 11.5. The molecule has 0 bridgehead atoms. The van der Waals surface area contributed by atoms with Crippen LogP contribution in [-0.2, 0) is 9.53 Å². The maximum absolute atomic E-state index is 12.0. The molecule has 0 radical (unpaired) electrons. The summed E-state index contributed by atoms with van der Waals surface area (Å²) < 4.78 is 4.70. The Morgan fingerprint density at radius 3 is 2.58 bits per heavy atom. The summed E-state index contributed by atoms with van der Waals surface area (Å²) in [6, 6.07) is 5.84. The van der Waals surface area contributed by atoms with Crippen LogP contribution >= 0.6 is 0 Å². The van der Waals surface area contributed by atoms with Gasteiger partial charge in [0.1, 0.15) is 17.1 Å². The summed E-state index contributed by atoms with van der Waals surface area (Å²) >= 11 is 0. The molecule has 24 heavy (non-hydrogen) atoms. The van der Waals surface area contributed by atoms with Crippen molar-refractivity contribution < 1.29 is 19.7 Å². The van der Waals surface area contributed by atoms with E-state index in [1.54, 1.807) is 0 Å². The summed E-state index contributed by atoms with van der Waals surface area (Å²) in [6.45, 7) is 0. The van der Waals surface area contributed by atoms with E-state index in [2.05, 4.69) is 12.2 Å². The first-order valence-corrected chi connectivity index (χ1v) is 7.76. The molecule has 1 atom stereocenters. The summed E-state index contributed by atoms with van der Waals surface area (Å²) in [5.41, 5.74) is 0.0343. The van der Waals surface area contributed by atoms with E-state index < -0.39 is 5.97 Å². The number of phenolic OH excluding ortho intramolecular Hbond substituents is 1. The molecule has 0 aromatic heterocycles. The zero-order valence-electron chi connectivity index (χ0n) is 13.5. The molecule has 0 spiro atoms. The number of carbonyl (C=O) groups excluding carboxylic acids is 1. The van der Waals surface area contributed by atoms with Crippen molar-refractivity contribution in [2.24, 2.45) is 5.92 Å². The molecule has 0 saturated heterocycles. The molecule has 126 valence electrons. The number of methoxy groups -OCH3 is 1. The molecule has 1 aromatic rings. The number of allylic oxidation sites excluding steroid dienone is 4. The van der Waals surface area contributed by atoms with Crippen LogP contribution in [0.25, 0.3) is 0 Å². The van der Waals surface area contributed by atoms with Crippen molar-refractivity contribution in [2.45, 2.75) is 19.3 Å². The SMILES string of the molecule is COC(=O)C(C(=N)c1ccc(O)cc1)=C(O)/C=C/C1CC=CCC1. The highest BCUT2D eigenvalue weighted by molar-refractivity contribution is 6.25. The molecular weight excluding hydrogens is 306 g/mol. The van der Waals surface area contributed by atoms with Gasteiger partial charge in [0.25, 0.3) is 0 Å². The molecule has 5 nitrogen and oxygen atoms in total. The number of nitrogens with one attached hydrogen (secondary N) is 1. The Morgan fingerprint density at radius 1 is 1.29 bits per heavy atom. The number of hydrogen-bond acceptors (Lipinski definition) is 5. The van der Waals surface area contributed by atoms with Gasteiger partial charge in [-0.2, -0.15) is 0 Å². The third-order valence-electron chi connectivity index (χ3n) is 3.89. The predicted molar refractivity (Wildman–Crippen MR) is 92.2 cm³/mol. The Bertz CT molecular complexity index is 699. The van der Waals surface area contributed by atoms with Crippen LogP contribution in [0.5, 0.6) is 5.75 Å². The van der Waals surface area contributed by atoms with E-state index in [0.29, 0.717) is 11.5 Å². The normalized spacial score (nSPS) is 18.3. The number of esters is 1. The second-order valence-corrected chi connectivity index (χ2v) is 5.58. The van der Waals surface area contributed by atoms with Gasteiger partial charge in [0.15, 0.2) is 0 Å². The highest BCUT2D eigenvalue weighted by atomic mass is 16.5. The van der Waals surface area contributed by atoms with Crippen LogP contribution in [0.2, 0.25) is 0 Å². The van der Waals surface area contributed by atoms with Gasteiger partial charge in [-0.3, -0.25) is 5.41 Å². The molecule has 0 heterocycles. The average molecular weight is 327 g/mol. The van der Waals surface area contributed by atoms with Crippen LogP contribution in [0.4, 0.5) is 0 Å². The number of aliphatic hydroxyl groups is 1. The van der Waals surface area contributed by atoms with E-state index >= 15 is 0 Å². The van der Waals surface area contributed by atoms with Crippen molar-refractivity contribution in [2.75, 3.05) is 7.11 Å². The lowest BCUT2D eigenvalue weighted by Gasteiger charge is -2.13. The third kappa shape index (κ3) is 4.35. The van der Waals surface area contributed by atoms with Crippen LogP contribution in [0, 0.1) is 11.3 Å². The number of phenols is 1. The Hall–Kier alpha value is -2.82. The number of benzene rings is 1. The second-order valence-electron chi connectivity index (χ2n) is 5.58. The number of rotatable bonds is 5. The van der Waals surface area contributed by atoms with E-state index in [1.807, 2.05) is 6.08 Å². The summed E-state index contributed by atoms with van der Waals surface area (Å²) in [5.74, 6) is -0.711. The molecule has 2 rings (SSSR count). The number of aromatic hydroxyl groups is 1. The molecule has 1 unspecified atom stereocenters. The molecular formula is C19H21NO4. The second kappa shape index (κ2) is 8.15. The number of aliphatic hydroxyl groups excluding tert-OH is 1. The van der Waals surface area contributed by atoms with Crippen molar-refractivity contribution in [3.8, 4) is 5.75 Å². The van der Waals surface area contributed by atoms with Gasteiger partial charge in [-0.25, -0.2) is 4.79 Å². The molecule has 0 aliphatic heterocycles. The molecule has 5 heteroatoms. The standard InChI is InChI=1S/C19H21NO4/c1-24-19(23)17(18(20)14-8-10-15(21)11-9-14)16(22)12-7-13-5-3-2-4-6-13/h2-3,7-13,20-22H,4-6H2,1H3/b12-7+,17-16?,20-18?. The van der Waals surface area contributed by atoms with Gasteiger partial charge >= 0.3 is 5.97 Å². The topological polar surface area (TPSA) is 90.6 Å². The van der Waals surface area contributed by atoms with Gasteiger partial charge in [-0.1, -0.05) is 18.2 Å². The molecule has 1 aromatic carbocycles. The fraction of sp³-hybridized carbons (Fsp3) is 0.263. The maximum Gasteiger partial charge on any atom is 0.343 e. The first-order valence-electron chi connectivity index (χ1n) is 7.76. The zero-order chi connectivity index (χ0) is 17.5. The fourth-order valence-electron chi connectivity index (χ4n) is 2.51. The van der Waals surface area contributed by atoms with Crippen LogP contribution in [0.15, 0.2) is 59.9 Å². The van der Waals surface area contributed by atoms with Gasteiger partial charge in [0.05, 0.1) is 12.8 Å². The van der Waals surface area contributed by atoms with Gasteiger partial charge < -0.3 is 14.9 Å². The van der Waals surface area contributed by atoms with Gasteiger partial charge in [-0.05, 0) is 55.5 Å². The first kappa shape index (κ1) is 17.5. The van der Waals surface area contributed by atoms with E-state index in [0.717, 1.165) is 19.3 Å². The van der Waals surface area contributed by atoms with E-state index in [1.165, 1.54) is 37.5 Å². The molecule has 0 saturated carbocycles. The van der Waals surface area contributed by atoms with Crippen molar-refractivity contribution >= 4 is 11.7 Å². The van der Waals surface area contributed by atoms with Crippen LogP contribution in [0.3, 0.4) is 0 Å². The lowest BCUT2D eigenvalue weighted by Crippen LogP contribution is -2.17. The summed E-state index contributed by atoms with van der Waals surface area (Å²) in [4.78, 5) is 12.0. The molecule has 1 aliphatic carbocycles. The Morgan fingerprint density at radius 2 is 2.00 bits per heavy atom. The highest BCUT2D eigenvalue weighted by Gasteiger charge is 2.21. The highest BCUT2D eigenvalue weighted by Crippen LogP contribution is 2.21. The minimum atomic E-state index is -0.779. The summed E-state index contributed by atoms with van der Waals surface area (Å²) in [7, 11) is 1.20. The van der Waals surface area contributed by atoms with Gasteiger partial charge in [0, 0.05) is 5.56 Å². The van der Waals surface area contributed by atoms with Crippen molar-refractivity contribution in [1.29, 1.82) is 5.41 Å². The van der Waals surface area contributed by atoms with Gasteiger partial charge in [-0.15, -0.1) is 0 Å². The van der Waals surface area contributed by atoms with E-state index in [-0.39, 0.29) is 22.8 Å². The smallest absolute Gasteiger partial charge is 0.343 e. The average Bonchev–Trinajstić information content (AvgIpc) is 2.61. The Balaban J connectivity index is 2.30. The van der Waals surface area contributed by atoms with E-state index in [9.17, 15) is 15.0 Å². The number of hydrogen-bond donors (Lipinski definition) is 3. The molecule has 0 fully saturated rings. The van der Waals surface area contributed by atoms with Crippen molar-refractivity contribution in [3.63, 3.8) is 0 Å². The number of carbonyl (C=O) groups is 1. The minimum absolute atomic E-state index is 0.0598. The summed E-state index contributed by atoms with van der Waals surface area (Å²) in [5, 5.41) is 27.8. The van der Waals surface area contributed by atoms with Crippen LogP contribution in [0.1, 0.15) is 24.8 Å². The molecule has 1 aliphatic rings.